The molecule has 0 spiro atoms. The van der Waals surface area contributed by atoms with Crippen LogP contribution in [0.1, 0.15) is 65.7 Å². The van der Waals surface area contributed by atoms with Crippen molar-refractivity contribution in [1.82, 2.24) is 5.32 Å². The number of carbonyl (C=O) groups is 3. The molecule has 0 fully saturated rings. The zero-order chi connectivity index (χ0) is 15.5. The molecule has 0 saturated heterocycles. The third kappa shape index (κ3) is 8.67. The van der Waals surface area contributed by atoms with E-state index in [0.29, 0.717) is 6.42 Å². The van der Waals surface area contributed by atoms with Gasteiger partial charge >= 0.3 is 5.97 Å². The summed E-state index contributed by atoms with van der Waals surface area (Å²) in [6.45, 7) is 5.53. The Morgan fingerprint density at radius 1 is 1.05 bits per heavy atom. The fourth-order valence-corrected chi connectivity index (χ4v) is 1.96. The van der Waals surface area contributed by atoms with Crippen molar-refractivity contribution in [2.45, 2.75) is 71.8 Å². The molecule has 0 aromatic heterocycles. The molecule has 0 aliphatic heterocycles. The van der Waals surface area contributed by atoms with Crippen molar-refractivity contribution in [2.75, 3.05) is 0 Å². The van der Waals surface area contributed by atoms with Gasteiger partial charge in [-0.1, -0.05) is 46.5 Å². The Morgan fingerprint density at radius 2 is 1.65 bits per heavy atom. The van der Waals surface area contributed by atoms with Gasteiger partial charge in [-0.2, -0.15) is 0 Å². The van der Waals surface area contributed by atoms with Gasteiger partial charge < -0.3 is 10.4 Å². The van der Waals surface area contributed by atoms with E-state index < -0.39 is 12.0 Å². The lowest BCUT2D eigenvalue weighted by Crippen LogP contribution is -2.44. The number of aliphatic carboxylic acids is 1. The summed E-state index contributed by atoms with van der Waals surface area (Å²) in [4.78, 5) is 34.3. The summed E-state index contributed by atoms with van der Waals surface area (Å²) in [6.07, 6.45) is 5.19. The second-order valence-electron chi connectivity index (χ2n) is 5.44. The number of unbranched alkanes of at least 4 members (excludes halogenated alkanes) is 4. The van der Waals surface area contributed by atoms with Gasteiger partial charge in [-0.25, -0.2) is 0 Å². The largest absolute Gasteiger partial charge is 0.481 e. The van der Waals surface area contributed by atoms with Crippen LogP contribution in [-0.4, -0.2) is 28.8 Å². The van der Waals surface area contributed by atoms with E-state index in [1.807, 2.05) is 0 Å². The van der Waals surface area contributed by atoms with E-state index in [9.17, 15) is 14.4 Å². The summed E-state index contributed by atoms with van der Waals surface area (Å²) in [6, 6.07) is -0.907. The minimum Gasteiger partial charge on any atom is -0.481 e. The van der Waals surface area contributed by atoms with Crippen molar-refractivity contribution in [1.29, 1.82) is 0 Å². The fraction of sp³-hybridized carbons (Fsp3) is 0.800. The second-order valence-corrected chi connectivity index (χ2v) is 5.44. The first-order chi connectivity index (χ1) is 9.38. The molecule has 5 nitrogen and oxygen atoms in total. The van der Waals surface area contributed by atoms with E-state index in [1.165, 1.54) is 0 Å². The molecule has 0 rings (SSSR count). The zero-order valence-electron chi connectivity index (χ0n) is 12.8. The van der Waals surface area contributed by atoms with Crippen molar-refractivity contribution in [3.63, 3.8) is 0 Å². The van der Waals surface area contributed by atoms with E-state index in [1.54, 1.807) is 13.8 Å². The van der Waals surface area contributed by atoms with Gasteiger partial charge in [0.2, 0.25) is 5.91 Å². The summed E-state index contributed by atoms with van der Waals surface area (Å²) in [5.74, 6) is -1.83. The maximum atomic E-state index is 11.9. The molecule has 0 aliphatic carbocycles. The van der Waals surface area contributed by atoms with Crippen LogP contribution in [0.15, 0.2) is 0 Å². The molecule has 0 saturated carbocycles. The van der Waals surface area contributed by atoms with Crippen LogP contribution in [0.5, 0.6) is 0 Å². The zero-order valence-corrected chi connectivity index (χ0v) is 12.8. The van der Waals surface area contributed by atoms with Crippen molar-refractivity contribution >= 4 is 17.7 Å². The highest BCUT2D eigenvalue weighted by Gasteiger charge is 2.25. The van der Waals surface area contributed by atoms with E-state index in [0.717, 1.165) is 32.1 Å². The van der Waals surface area contributed by atoms with Crippen LogP contribution in [-0.2, 0) is 14.4 Å². The molecule has 0 bridgehead atoms. The standard InChI is InChI=1S/C15H27NO4/c1-4-5-6-7-8-9-13(17)16-12(10-14(18)19)15(20)11(2)3/h11-12H,4-10H2,1-3H3,(H,16,17)(H,18,19). The number of carboxylic acid groups (broad SMARTS) is 1. The monoisotopic (exact) mass is 285 g/mol. The van der Waals surface area contributed by atoms with E-state index >= 15 is 0 Å². The molecular formula is C15H27NO4. The molecule has 5 heteroatoms. The molecule has 1 amide bonds. The molecule has 116 valence electrons. The van der Waals surface area contributed by atoms with E-state index in [-0.39, 0.29) is 24.0 Å². The summed E-state index contributed by atoms with van der Waals surface area (Å²) < 4.78 is 0. The van der Waals surface area contributed by atoms with Gasteiger partial charge in [0.05, 0.1) is 12.5 Å². The highest BCUT2D eigenvalue weighted by Crippen LogP contribution is 2.07. The van der Waals surface area contributed by atoms with Crippen molar-refractivity contribution in [3.8, 4) is 0 Å². The molecule has 0 radical (unpaired) electrons. The van der Waals surface area contributed by atoms with Crippen LogP contribution in [0.4, 0.5) is 0 Å². The Balaban J connectivity index is 4.18. The number of rotatable bonds is 11. The molecule has 1 atom stereocenters. The van der Waals surface area contributed by atoms with Crippen LogP contribution in [0.25, 0.3) is 0 Å². The summed E-state index contributed by atoms with van der Waals surface area (Å²) >= 11 is 0. The van der Waals surface area contributed by atoms with Gasteiger partial charge in [-0.15, -0.1) is 0 Å². The van der Waals surface area contributed by atoms with Gasteiger partial charge in [-0.05, 0) is 6.42 Å². The van der Waals surface area contributed by atoms with Gasteiger partial charge in [0, 0.05) is 12.3 Å². The number of carbonyl (C=O) groups excluding carboxylic acids is 2. The Morgan fingerprint density at radius 3 is 2.15 bits per heavy atom. The molecule has 1 unspecified atom stereocenters. The third-order valence-corrected chi connectivity index (χ3v) is 3.13. The second kappa shape index (κ2) is 10.4. The lowest BCUT2D eigenvalue weighted by atomic mass is 9.99. The highest BCUT2D eigenvalue weighted by molar-refractivity contribution is 5.92. The Kier molecular flexibility index (Phi) is 9.68. The molecule has 20 heavy (non-hydrogen) atoms. The predicted octanol–water partition coefficient (Wildman–Crippen LogP) is 2.53. The third-order valence-electron chi connectivity index (χ3n) is 3.13. The molecule has 0 heterocycles. The van der Waals surface area contributed by atoms with Crippen molar-refractivity contribution < 1.29 is 19.5 Å². The number of hydrogen-bond donors (Lipinski definition) is 2. The predicted molar refractivity (Wildman–Crippen MR) is 77.4 cm³/mol. The SMILES string of the molecule is CCCCCCCC(=O)NC(CC(=O)O)C(=O)C(C)C. The van der Waals surface area contributed by atoms with Gasteiger partial charge in [0.1, 0.15) is 0 Å². The average Bonchev–Trinajstić information content (AvgIpc) is 2.36. The average molecular weight is 285 g/mol. The van der Waals surface area contributed by atoms with Gasteiger partial charge in [0.15, 0.2) is 5.78 Å². The lowest BCUT2D eigenvalue weighted by Gasteiger charge is -2.17. The Bertz CT molecular complexity index is 326. The van der Waals surface area contributed by atoms with E-state index in [4.69, 9.17) is 5.11 Å². The summed E-state index contributed by atoms with van der Waals surface area (Å²) in [5, 5.41) is 11.3. The van der Waals surface area contributed by atoms with Crippen LogP contribution in [0.3, 0.4) is 0 Å². The first-order valence-corrected chi connectivity index (χ1v) is 7.43. The molecule has 0 aliphatic rings. The summed E-state index contributed by atoms with van der Waals surface area (Å²) in [5.41, 5.74) is 0. The quantitative estimate of drug-likeness (QED) is 0.571. The molecule has 2 N–H and O–H groups in total. The Labute approximate surface area is 121 Å². The number of amides is 1. The van der Waals surface area contributed by atoms with Crippen LogP contribution in [0, 0.1) is 5.92 Å². The van der Waals surface area contributed by atoms with Crippen molar-refractivity contribution in [3.05, 3.63) is 0 Å². The number of hydrogen-bond acceptors (Lipinski definition) is 3. The van der Waals surface area contributed by atoms with Crippen LogP contribution >= 0.6 is 0 Å². The summed E-state index contributed by atoms with van der Waals surface area (Å²) in [7, 11) is 0. The number of Topliss-reactive ketones (excluding diaryl/α,β-unsaturated/α-hetero) is 1. The van der Waals surface area contributed by atoms with Crippen molar-refractivity contribution in [2.24, 2.45) is 5.92 Å². The van der Waals surface area contributed by atoms with Crippen LogP contribution in [0.2, 0.25) is 0 Å². The Hall–Kier alpha value is -1.39. The van der Waals surface area contributed by atoms with Crippen LogP contribution < -0.4 is 5.32 Å². The minimum atomic E-state index is -1.08. The first-order valence-electron chi connectivity index (χ1n) is 7.43. The number of ketones is 1. The minimum absolute atomic E-state index is 0.230. The molecule has 0 aromatic carbocycles. The first kappa shape index (κ1) is 18.6. The van der Waals surface area contributed by atoms with E-state index in [2.05, 4.69) is 12.2 Å². The maximum absolute atomic E-state index is 11.9. The van der Waals surface area contributed by atoms with Gasteiger partial charge in [0.25, 0.3) is 0 Å². The molecule has 0 aromatic rings. The molecular weight excluding hydrogens is 258 g/mol. The number of carboxylic acids is 1. The maximum Gasteiger partial charge on any atom is 0.305 e. The smallest absolute Gasteiger partial charge is 0.305 e. The lowest BCUT2D eigenvalue weighted by molar-refractivity contribution is -0.140. The normalized spacial score (nSPS) is 12.2. The van der Waals surface area contributed by atoms with Gasteiger partial charge in [-0.3, -0.25) is 14.4 Å². The highest BCUT2D eigenvalue weighted by atomic mass is 16.4. The topological polar surface area (TPSA) is 83.5 Å². The fourth-order valence-electron chi connectivity index (χ4n) is 1.96. The number of nitrogens with one attached hydrogen (secondary N) is 1.